The summed E-state index contributed by atoms with van der Waals surface area (Å²) >= 11 is 0. The topological polar surface area (TPSA) is 93.5 Å². The smallest absolute Gasteiger partial charge is 0.278 e. The number of fused-ring (bicyclic) bond motifs is 1. The predicted octanol–water partition coefficient (Wildman–Crippen LogP) is 1.77. The number of rotatable bonds is 6. The van der Waals surface area contributed by atoms with Gasteiger partial charge in [-0.1, -0.05) is 30.3 Å². The van der Waals surface area contributed by atoms with Crippen molar-refractivity contribution < 1.29 is 14.3 Å². The number of carbonyl (C=O) groups is 2. The highest BCUT2D eigenvalue weighted by Gasteiger charge is 2.26. The normalized spacial score (nSPS) is 12.4. The molecule has 8 heteroatoms. The second-order valence-corrected chi connectivity index (χ2v) is 7.18. The molecule has 4 rings (SSSR count). The third-order valence-electron chi connectivity index (χ3n) is 5.14. The predicted molar refractivity (Wildman–Crippen MR) is 115 cm³/mol. The van der Waals surface area contributed by atoms with E-state index >= 15 is 0 Å². The average Bonchev–Trinajstić information content (AvgIpc) is 3.23. The summed E-state index contributed by atoms with van der Waals surface area (Å²) in [6, 6.07) is 17.7. The van der Waals surface area contributed by atoms with Gasteiger partial charge >= 0.3 is 0 Å². The second kappa shape index (κ2) is 8.83. The van der Waals surface area contributed by atoms with Crippen molar-refractivity contribution in [2.24, 2.45) is 0 Å². The Morgan fingerprint density at radius 1 is 1.10 bits per heavy atom. The van der Waals surface area contributed by atoms with E-state index in [1.807, 2.05) is 48.5 Å². The summed E-state index contributed by atoms with van der Waals surface area (Å²) in [6.45, 7) is 0.564. The molecule has 8 nitrogen and oxygen atoms in total. The first-order valence-corrected chi connectivity index (χ1v) is 9.93. The van der Waals surface area contributed by atoms with Gasteiger partial charge in [0.2, 0.25) is 5.91 Å². The van der Waals surface area contributed by atoms with Crippen LogP contribution in [0.25, 0.3) is 0 Å². The van der Waals surface area contributed by atoms with Crippen LogP contribution in [0.4, 0.5) is 5.69 Å². The highest BCUT2D eigenvalue weighted by atomic mass is 16.5. The molecule has 3 aromatic rings. The van der Waals surface area contributed by atoms with Crippen molar-refractivity contribution in [1.29, 1.82) is 0 Å². The van der Waals surface area contributed by atoms with Crippen molar-refractivity contribution in [2.45, 2.75) is 19.5 Å². The Hall–Kier alpha value is -3.94. The number of amides is 2. The minimum Gasteiger partial charge on any atom is -0.497 e. The maximum Gasteiger partial charge on any atom is 0.278 e. The van der Waals surface area contributed by atoms with E-state index in [9.17, 15) is 14.4 Å². The lowest BCUT2D eigenvalue weighted by atomic mass is 10.2. The molecule has 1 N–H and O–H groups in total. The van der Waals surface area contributed by atoms with Gasteiger partial charge in [-0.25, -0.2) is 4.68 Å². The molecule has 158 valence electrons. The number of para-hydroxylation sites is 1. The maximum absolute atomic E-state index is 13.0. The standard InChI is InChI=1S/C23H22N4O4/c1-31-18-7-4-5-16(13-18)14-24-21(28)15-27-22(29)10-9-19(25-27)23(30)26-12-11-17-6-2-3-8-20(17)26/h2-10,13H,11-12,14-15H2,1H3,(H,24,28). The molecule has 0 unspecified atom stereocenters. The molecule has 2 aromatic carbocycles. The zero-order valence-corrected chi connectivity index (χ0v) is 17.1. The molecule has 0 radical (unpaired) electrons. The fourth-order valence-electron chi connectivity index (χ4n) is 3.54. The number of anilines is 1. The second-order valence-electron chi connectivity index (χ2n) is 7.18. The van der Waals surface area contributed by atoms with Crippen LogP contribution in [0.3, 0.4) is 0 Å². The Kier molecular flexibility index (Phi) is 5.79. The highest BCUT2D eigenvalue weighted by molar-refractivity contribution is 6.05. The number of methoxy groups -OCH3 is 1. The van der Waals surface area contributed by atoms with Crippen molar-refractivity contribution in [3.8, 4) is 5.75 Å². The quantitative estimate of drug-likeness (QED) is 0.659. The summed E-state index contributed by atoms with van der Waals surface area (Å²) in [4.78, 5) is 39.2. The Labute approximate surface area is 179 Å². The van der Waals surface area contributed by atoms with E-state index in [-0.39, 0.29) is 30.6 Å². The van der Waals surface area contributed by atoms with Gasteiger partial charge < -0.3 is 15.0 Å². The Bertz CT molecular complexity index is 1190. The molecule has 0 saturated carbocycles. The summed E-state index contributed by atoms with van der Waals surface area (Å²) in [5, 5.41) is 6.90. The Morgan fingerprint density at radius 2 is 1.94 bits per heavy atom. The van der Waals surface area contributed by atoms with Gasteiger partial charge in [-0.2, -0.15) is 5.10 Å². The van der Waals surface area contributed by atoms with Crippen LogP contribution in [0.2, 0.25) is 0 Å². The summed E-state index contributed by atoms with van der Waals surface area (Å²) < 4.78 is 6.18. The number of nitrogens with zero attached hydrogens (tertiary/aromatic N) is 3. The van der Waals surface area contributed by atoms with Crippen molar-refractivity contribution >= 4 is 17.5 Å². The number of aromatic nitrogens is 2. The van der Waals surface area contributed by atoms with Crippen LogP contribution in [0.5, 0.6) is 5.75 Å². The van der Waals surface area contributed by atoms with Gasteiger partial charge in [0, 0.05) is 24.8 Å². The molecular weight excluding hydrogens is 396 g/mol. The lowest BCUT2D eigenvalue weighted by Gasteiger charge is -2.17. The largest absolute Gasteiger partial charge is 0.497 e. The minimum atomic E-state index is -0.449. The van der Waals surface area contributed by atoms with Crippen LogP contribution < -0.4 is 20.5 Å². The van der Waals surface area contributed by atoms with Gasteiger partial charge in [0.1, 0.15) is 18.0 Å². The van der Waals surface area contributed by atoms with Crippen molar-refractivity contribution in [1.82, 2.24) is 15.1 Å². The first-order chi connectivity index (χ1) is 15.0. The SMILES string of the molecule is COc1cccc(CNC(=O)Cn2nc(C(=O)N3CCc4ccccc43)ccc2=O)c1. The zero-order valence-electron chi connectivity index (χ0n) is 17.1. The van der Waals surface area contributed by atoms with Crippen LogP contribution in [-0.2, 0) is 24.3 Å². The average molecular weight is 418 g/mol. The van der Waals surface area contributed by atoms with E-state index in [1.54, 1.807) is 12.0 Å². The number of nitrogens with one attached hydrogen (secondary N) is 1. The summed E-state index contributed by atoms with van der Waals surface area (Å²) in [6.07, 6.45) is 0.772. The van der Waals surface area contributed by atoms with Crippen LogP contribution in [0, 0.1) is 0 Å². The lowest BCUT2D eigenvalue weighted by molar-refractivity contribution is -0.122. The monoisotopic (exact) mass is 418 g/mol. The number of hydrogen-bond acceptors (Lipinski definition) is 5. The fourth-order valence-corrected chi connectivity index (χ4v) is 3.54. The number of benzene rings is 2. The summed E-state index contributed by atoms with van der Waals surface area (Å²) in [7, 11) is 1.57. The molecule has 0 bridgehead atoms. The third kappa shape index (κ3) is 4.48. The maximum atomic E-state index is 13.0. The number of ether oxygens (including phenoxy) is 1. The molecule has 0 atom stereocenters. The summed E-state index contributed by atoms with van der Waals surface area (Å²) in [5.41, 5.74) is 2.49. The van der Waals surface area contributed by atoms with Crippen molar-refractivity contribution in [2.75, 3.05) is 18.6 Å². The van der Waals surface area contributed by atoms with Crippen LogP contribution in [-0.4, -0.2) is 35.2 Å². The van der Waals surface area contributed by atoms with Gasteiger partial charge in [-0.3, -0.25) is 14.4 Å². The van der Waals surface area contributed by atoms with Crippen molar-refractivity contribution in [3.05, 3.63) is 87.8 Å². The first kappa shape index (κ1) is 20.3. The van der Waals surface area contributed by atoms with Crippen LogP contribution >= 0.6 is 0 Å². The van der Waals surface area contributed by atoms with Gasteiger partial charge in [-0.05, 0) is 41.8 Å². The fraction of sp³-hybridized carbons (Fsp3) is 0.217. The van der Waals surface area contributed by atoms with E-state index in [0.29, 0.717) is 12.3 Å². The molecular formula is C23H22N4O4. The first-order valence-electron chi connectivity index (χ1n) is 9.93. The Balaban J connectivity index is 1.45. The van der Waals surface area contributed by atoms with E-state index in [1.165, 1.54) is 12.1 Å². The van der Waals surface area contributed by atoms with E-state index < -0.39 is 5.56 Å². The van der Waals surface area contributed by atoms with E-state index in [2.05, 4.69) is 10.4 Å². The summed E-state index contributed by atoms with van der Waals surface area (Å²) in [5.74, 6) is 0.0170. The Morgan fingerprint density at radius 3 is 2.77 bits per heavy atom. The van der Waals surface area contributed by atoms with Gasteiger partial charge in [0.05, 0.1) is 7.11 Å². The molecule has 0 aliphatic carbocycles. The molecule has 0 saturated heterocycles. The molecule has 1 aliphatic heterocycles. The van der Waals surface area contributed by atoms with Gasteiger partial charge in [0.15, 0.2) is 0 Å². The zero-order chi connectivity index (χ0) is 21.8. The molecule has 2 amide bonds. The third-order valence-corrected chi connectivity index (χ3v) is 5.14. The highest BCUT2D eigenvalue weighted by Crippen LogP contribution is 2.28. The molecule has 0 fully saturated rings. The number of carbonyl (C=O) groups excluding carboxylic acids is 2. The lowest BCUT2D eigenvalue weighted by Crippen LogP contribution is -2.36. The molecule has 31 heavy (non-hydrogen) atoms. The molecule has 2 heterocycles. The van der Waals surface area contributed by atoms with Gasteiger partial charge in [0.25, 0.3) is 11.5 Å². The van der Waals surface area contributed by atoms with Gasteiger partial charge in [-0.15, -0.1) is 0 Å². The van der Waals surface area contributed by atoms with E-state index in [0.717, 1.165) is 27.9 Å². The van der Waals surface area contributed by atoms with Crippen molar-refractivity contribution in [3.63, 3.8) is 0 Å². The van der Waals surface area contributed by atoms with Crippen LogP contribution in [0.15, 0.2) is 65.5 Å². The minimum absolute atomic E-state index is 0.122. The van der Waals surface area contributed by atoms with E-state index in [4.69, 9.17) is 4.74 Å². The molecule has 0 spiro atoms. The van der Waals surface area contributed by atoms with Crippen LogP contribution in [0.1, 0.15) is 21.6 Å². The number of hydrogen-bond donors (Lipinski definition) is 1. The molecule has 1 aliphatic rings. The molecule has 1 aromatic heterocycles.